The van der Waals surface area contributed by atoms with E-state index in [0.717, 1.165) is 6.54 Å². The maximum atomic E-state index is 9.37. The van der Waals surface area contributed by atoms with Crippen molar-refractivity contribution in [2.24, 2.45) is 5.73 Å². The van der Waals surface area contributed by atoms with Crippen LogP contribution in [0.3, 0.4) is 0 Å². The van der Waals surface area contributed by atoms with Gasteiger partial charge in [0.05, 0.1) is 0 Å². The quantitative estimate of drug-likeness (QED) is 0.633. The summed E-state index contributed by atoms with van der Waals surface area (Å²) in [5.74, 6) is -1.49. The summed E-state index contributed by atoms with van der Waals surface area (Å²) < 4.78 is 0. The molecule has 0 aromatic rings. The van der Waals surface area contributed by atoms with Gasteiger partial charge in [-0.3, -0.25) is 9.59 Å². The molecule has 4 N–H and O–H groups in total. The summed E-state index contributed by atoms with van der Waals surface area (Å²) in [6, 6.07) is 0. The van der Waals surface area contributed by atoms with Crippen molar-refractivity contribution >= 4 is 11.9 Å². The topological polar surface area (TPSA) is 101 Å². The number of carbonyl (C=O) groups is 2. The molecule has 0 amide bonds. The molecule has 5 nitrogen and oxygen atoms in total. The van der Waals surface area contributed by atoms with Gasteiger partial charge in [-0.2, -0.15) is 0 Å². The molecule has 0 rings (SSSR count). The van der Waals surface area contributed by atoms with Crippen LogP contribution in [0.5, 0.6) is 0 Å². The molecule has 0 aromatic heterocycles. The van der Waals surface area contributed by atoms with E-state index in [4.69, 9.17) is 15.9 Å². The molecule has 98 valence electrons. The molecule has 0 aliphatic carbocycles. The summed E-state index contributed by atoms with van der Waals surface area (Å²) in [5, 5.41) is 15.4. The first kappa shape index (κ1) is 20.3. The van der Waals surface area contributed by atoms with Crippen LogP contribution in [0.1, 0.15) is 52.9 Å². The first-order valence-corrected chi connectivity index (χ1v) is 5.59. The number of unbranched alkanes of at least 4 members (excludes halogenated alkanes) is 2. The third-order valence-corrected chi connectivity index (χ3v) is 1.41. The van der Waals surface area contributed by atoms with Crippen molar-refractivity contribution in [3.05, 3.63) is 0 Å². The van der Waals surface area contributed by atoms with Gasteiger partial charge in [-0.1, -0.05) is 33.6 Å². The van der Waals surface area contributed by atoms with E-state index in [1.54, 1.807) is 13.8 Å². The van der Waals surface area contributed by atoms with Crippen molar-refractivity contribution in [1.82, 2.24) is 0 Å². The Balaban J connectivity index is -0.000000160. The van der Waals surface area contributed by atoms with E-state index in [1.165, 1.54) is 19.3 Å². The standard InChI is InChI=1S/C5H13N.2C3H6O2/c1-2-3-4-5-6;2*1-2-3(4)5/h2-6H2,1H3;2*2H2,1H3,(H,4,5). The van der Waals surface area contributed by atoms with Gasteiger partial charge in [0.1, 0.15) is 0 Å². The number of carboxylic acid groups (broad SMARTS) is 2. The van der Waals surface area contributed by atoms with Crippen LogP contribution in [0.2, 0.25) is 0 Å². The zero-order valence-electron chi connectivity index (χ0n) is 10.5. The Morgan fingerprint density at radius 2 is 1.25 bits per heavy atom. The van der Waals surface area contributed by atoms with Crippen molar-refractivity contribution < 1.29 is 19.8 Å². The molecule has 0 heterocycles. The third-order valence-electron chi connectivity index (χ3n) is 1.41. The lowest BCUT2D eigenvalue weighted by Crippen LogP contribution is -1.96. The molecular weight excluding hydrogens is 210 g/mol. The van der Waals surface area contributed by atoms with Gasteiger partial charge >= 0.3 is 11.9 Å². The number of hydrogen-bond donors (Lipinski definition) is 3. The lowest BCUT2D eigenvalue weighted by atomic mass is 10.3. The van der Waals surface area contributed by atoms with Crippen molar-refractivity contribution in [2.75, 3.05) is 6.54 Å². The maximum Gasteiger partial charge on any atom is 0.303 e. The molecule has 16 heavy (non-hydrogen) atoms. The highest BCUT2D eigenvalue weighted by Crippen LogP contribution is 1.88. The summed E-state index contributed by atoms with van der Waals surface area (Å²) in [5.41, 5.74) is 5.21. The number of carboxylic acids is 2. The molecule has 0 atom stereocenters. The molecule has 0 saturated heterocycles. The van der Waals surface area contributed by atoms with Crippen LogP contribution in [0, 0.1) is 0 Å². The van der Waals surface area contributed by atoms with Gasteiger partial charge in [0, 0.05) is 12.8 Å². The maximum absolute atomic E-state index is 9.37. The SMILES string of the molecule is CCC(=O)O.CCC(=O)O.CCCCCN. The Morgan fingerprint density at radius 3 is 1.31 bits per heavy atom. The van der Waals surface area contributed by atoms with Gasteiger partial charge < -0.3 is 15.9 Å². The number of aliphatic carboxylic acids is 2. The summed E-state index contributed by atoms with van der Waals surface area (Å²) in [7, 11) is 0. The van der Waals surface area contributed by atoms with Gasteiger partial charge in [-0.05, 0) is 13.0 Å². The Hall–Kier alpha value is -1.10. The van der Waals surface area contributed by atoms with E-state index in [0.29, 0.717) is 0 Å². The Morgan fingerprint density at radius 1 is 0.938 bits per heavy atom. The van der Waals surface area contributed by atoms with Crippen LogP contribution in [-0.4, -0.2) is 28.7 Å². The second-order valence-corrected chi connectivity index (χ2v) is 2.99. The fraction of sp³-hybridized carbons (Fsp3) is 0.818. The minimum Gasteiger partial charge on any atom is -0.481 e. The minimum atomic E-state index is -0.745. The van der Waals surface area contributed by atoms with E-state index in [1.807, 2.05) is 0 Å². The smallest absolute Gasteiger partial charge is 0.303 e. The minimum absolute atomic E-state index is 0.222. The van der Waals surface area contributed by atoms with Gasteiger partial charge in [0.2, 0.25) is 0 Å². The largest absolute Gasteiger partial charge is 0.481 e. The van der Waals surface area contributed by atoms with Crippen molar-refractivity contribution in [3.63, 3.8) is 0 Å². The third kappa shape index (κ3) is 52.5. The molecule has 0 fully saturated rings. The lowest BCUT2D eigenvalue weighted by Gasteiger charge is -1.86. The van der Waals surface area contributed by atoms with Crippen LogP contribution in [0.15, 0.2) is 0 Å². The first-order chi connectivity index (χ1) is 7.45. The zero-order chi connectivity index (χ0) is 13.4. The molecular formula is C11H25NO4. The van der Waals surface area contributed by atoms with E-state index >= 15 is 0 Å². The fourth-order valence-electron chi connectivity index (χ4n) is 0.394. The first-order valence-electron chi connectivity index (χ1n) is 5.59. The summed E-state index contributed by atoms with van der Waals surface area (Å²) in [4.78, 5) is 18.7. The normalized spacial score (nSPS) is 8.00. The van der Waals surface area contributed by atoms with Crippen molar-refractivity contribution in [2.45, 2.75) is 52.9 Å². The van der Waals surface area contributed by atoms with E-state index in [-0.39, 0.29) is 12.8 Å². The Bertz CT molecular complexity index is 142. The van der Waals surface area contributed by atoms with Gasteiger partial charge in [-0.15, -0.1) is 0 Å². The molecule has 5 heteroatoms. The second-order valence-electron chi connectivity index (χ2n) is 2.99. The van der Waals surface area contributed by atoms with Crippen molar-refractivity contribution in [3.8, 4) is 0 Å². The number of hydrogen-bond acceptors (Lipinski definition) is 3. The summed E-state index contributed by atoms with van der Waals surface area (Å²) >= 11 is 0. The molecule has 0 bridgehead atoms. The second kappa shape index (κ2) is 19.5. The Labute approximate surface area is 97.7 Å². The van der Waals surface area contributed by atoms with Gasteiger partial charge in [0.15, 0.2) is 0 Å². The van der Waals surface area contributed by atoms with Gasteiger partial charge in [0.25, 0.3) is 0 Å². The highest BCUT2D eigenvalue weighted by atomic mass is 16.4. The predicted molar refractivity (Wildman–Crippen MR) is 64.4 cm³/mol. The van der Waals surface area contributed by atoms with Crippen LogP contribution in [0.25, 0.3) is 0 Å². The molecule has 0 radical (unpaired) electrons. The number of nitrogens with two attached hydrogens (primary N) is 1. The summed E-state index contributed by atoms with van der Waals surface area (Å²) in [6.45, 7) is 6.23. The zero-order valence-corrected chi connectivity index (χ0v) is 10.5. The fourth-order valence-corrected chi connectivity index (χ4v) is 0.394. The molecule has 0 saturated carbocycles. The average Bonchev–Trinajstić information content (AvgIpc) is 2.27. The molecule has 0 spiro atoms. The van der Waals surface area contributed by atoms with Gasteiger partial charge in [-0.25, -0.2) is 0 Å². The lowest BCUT2D eigenvalue weighted by molar-refractivity contribution is -0.137. The van der Waals surface area contributed by atoms with Crippen molar-refractivity contribution in [1.29, 1.82) is 0 Å². The summed E-state index contributed by atoms with van der Waals surface area (Å²) in [6.07, 6.45) is 4.20. The molecule has 0 aliphatic rings. The Kier molecular flexibility index (Phi) is 24.7. The highest BCUT2D eigenvalue weighted by Gasteiger charge is 1.81. The average molecular weight is 235 g/mol. The predicted octanol–water partition coefficient (Wildman–Crippen LogP) is 2.10. The van der Waals surface area contributed by atoms with Crippen LogP contribution in [-0.2, 0) is 9.59 Å². The van der Waals surface area contributed by atoms with Crippen LogP contribution < -0.4 is 5.73 Å². The molecule has 0 aromatic carbocycles. The molecule has 0 unspecified atom stereocenters. The van der Waals surface area contributed by atoms with E-state index in [2.05, 4.69) is 6.92 Å². The van der Waals surface area contributed by atoms with E-state index < -0.39 is 11.9 Å². The van der Waals surface area contributed by atoms with E-state index in [9.17, 15) is 9.59 Å². The highest BCUT2D eigenvalue weighted by molar-refractivity contribution is 5.66. The monoisotopic (exact) mass is 235 g/mol. The van der Waals surface area contributed by atoms with Crippen LogP contribution in [0.4, 0.5) is 0 Å². The number of rotatable bonds is 5. The molecule has 0 aliphatic heterocycles. The van der Waals surface area contributed by atoms with Crippen LogP contribution >= 0.6 is 0 Å².